The van der Waals surface area contributed by atoms with E-state index in [0.717, 1.165) is 12.2 Å². The summed E-state index contributed by atoms with van der Waals surface area (Å²) in [5, 5.41) is 4.06. The Balaban J connectivity index is 1.44. The van der Waals surface area contributed by atoms with E-state index in [1.165, 1.54) is 19.3 Å². The summed E-state index contributed by atoms with van der Waals surface area (Å²) in [5.41, 5.74) is -0.438. The van der Waals surface area contributed by atoms with Crippen LogP contribution in [0.25, 0.3) is 0 Å². The fourth-order valence-electron chi connectivity index (χ4n) is 2.60. The summed E-state index contributed by atoms with van der Waals surface area (Å²) in [4.78, 5) is 18.0. The number of carbonyl (C=O) groups excluding carboxylic acids is 1. The molecule has 1 aromatic rings. The number of hydrogen-bond donors (Lipinski definition) is 0. The van der Waals surface area contributed by atoms with Crippen molar-refractivity contribution in [2.24, 2.45) is 5.92 Å². The number of ether oxygens (including phenoxy) is 1. The predicted molar refractivity (Wildman–Crippen MR) is 75.9 cm³/mol. The third-order valence-corrected chi connectivity index (χ3v) is 4.03. The molecule has 2 aliphatic rings. The van der Waals surface area contributed by atoms with Crippen molar-refractivity contribution in [3.8, 4) is 0 Å². The molecular formula is C15H23N3O3. The van der Waals surface area contributed by atoms with Crippen LogP contribution in [0.15, 0.2) is 4.52 Å². The zero-order valence-electron chi connectivity index (χ0n) is 13.0. The third-order valence-electron chi connectivity index (χ3n) is 4.03. The highest BCUT2D eigenvalue weighted by Gasteiger charge is 2.35. The second-order valence-corrected chi connectivity index (χ2v) is 7.13. The van der Waals surface area contributed by atoms with E-state index in [-0.39, 0.29) is 6.09 Å². The van der Waals surface area contributed by atoms with Crippen LogP contribution in [-0.4, -0.2) is 39.8 Å². The number of likely N-dealkylation sites (tertiary alicyclic amines) is 1. The summed E-state index contributed by atoms with van der Waals surface area (Å²) in [5.74, 6) is 2.46. The number of nitrogens with zero attached hydrogens (tertiary/aromatic N) is 3. The normalized spacial score (nSPS) is 20.0. The maximum Gasteiger partial charge on any atom is 0.410 e. The number of hydrogen-bond acceptors (Lipinski definition) is 5. The summed E-state index contributed by atoms with van der Waals surface area (Å²) in [7, 11) is 0. The van der Waals surface area contributed by atoms with Crippen LogP contribution in [0.3, 0.4) is 0 Å². The molecule has 0 unspecified atom stereocenters. The van der Waals surface area contributed by atoms with E-state index in [4.69, 9.17) is 9.26 Å². The van der Waals surface area contributed by atoms with Crippen molar-refractivity contribution >= 4 is 6.09 Å². The molecule has 0 atom stereocenters. The Kier molecular flexibility index (Phi) is 3.63. The van der Waals surface area contributed by atoms with Gasteiger partial charge in [-0.1, -0.05) is 11.6 Å². The Morgan fingerprint density at radius 3 is 2.67 bits per heavy atom. The molecule has 0 radical (unpaired) electrons. The fourth-order valence-corrected chi connectivity index (χ4v) is 2.60. The van der Waals surface area contributed by atoms with Crippen LogP contribution >= 0.6 is 0 Å². The lowest BCUT2D eigenvalue weighted by Gasteiger charge is -2.39. The molecular weight excluding hydrogens is 270 g/mol. The molecule has 0 N–H and O–H groups in total. The lowest BCUT2D eigenvalue weighted by atomic mass is 9.85. The first-order chi connectivity index (χ1) is 9.90. The maximum atomic E-state index is 11.8. The Morgan fingerprint density at radius 1 is 1.38 bits per heavy atom. The van der Waals surface area contributed by atoms with Gasteiger partial charge < -0.3 is 14.2 Å². The quantitative estimate of drug-likeness (QED) is 0.857. The molecule has 1 aromatic heterocycles. The molecule has 1 aliphatic carbocycles. The largest absolute Gasteiger partial charge is 0.444 e. The lowest BCUT2D eigenvalue weighted by Crippen LogP contribution is -2.52. The summed E-state index contributed by atoms with van der Waals surface area (Å²) >= 11 is 0. The van der Waals surface area contributed by atoms with Crippen LogP contribution in [0.2, 0.25) is 0 Å². The van der Waals surface area contributed by atoms with Crippen LogP contribution in [0.5, 0.6) is 0 Å². The van der Waals surface area contributed by atoms with E-state index in [2.05, 4.69) is 10.1 Å². The molecule has 116 valence electrons. The summed E-state index contributed by atoms with van der Waals surface area (Å²) < 4.78 is 10.6. The van der Waals surface area contributed by atoms with Crippen LogP contribution in [0.1, 0.15) is 57.7 Å². The first-order valence-corrected chi connectivity index (χ1v) is 7.71. The first-order valence-electron chi connectivity index (χ1n) is 7.71. The van der Waals surface area contributed by atoms with Gasteiger partial charge in [0.15, 0.2) is 5.82 Å². The summed E-state index contributed by atoms with van der Waals surface area (Å²) in [6, 6.07) is 0. The Morgan fingerprint density at radius 2 is 2.10 bits per heavy atom. The number of aromatic nitrogens is 2. The zero-order valence-corrected chi connectivity index (χ0v) is 13.0. The minimum Gasteiger partial charge on any atom is -0.444 e. The van der Waals surface area contributed by atoms with Gasteiger partial charge in [-0.3, -0.25) is 0 Å². The fraction of sp³-hybridized carbons (Fsp3) is 0.800. The molecule has 3 rings (SSSR count). The van der Waals surface area contributed by atoms with Gasteiger partial charge in [0, 0.05) is 31.3 Å². The Bertz CT molecular complexity index is 510. The van der Waals surface area contributed by atoms with Gasteiger partial charge in [-0.25, -0.2) is 4.79 Å². The highest BCUT2D eigenvalue weighted by Crippen LogP contribution is 2.34. The SMILES string of the molecule is CC(C)(C)OC(=O)N1CC(Cc2nc(C3CCC3)no2)C1. The monoisotopic (exact) mass is 293 g/mol. The van der Waals surface area contributed by atoms with Crippen LogP contribution in [-0.2, 0) is 11.2 Å². The third kappa shape index (κ3) is 3.36. The van der Waals surface area contributed by atoms with Gasteiger partial charge in [0.05, 0.1) is 0 Å². The van der Waals surface area contributed by atoms with Crippen molar-refractivity contribution in [3.05, 3.63) is 11.7 Å². The summed E-state index contributed by atoms with van der Waals surface area (Å²) in [6.45, 7) is 7.04. The summed E-state index contributed by atoms with van der Waals surface area (Å²) in [6.07, 6.45) is 4.13. The molecule has 2 fully saturated rings. The van der Waals surface area contributed by atoms with Crippen LogP contribution in [0, 0.1) is 5.92 Å². The molecule has 6 heteroatoms. The van der Waals surface area contributed by atoms with E-state index < -0.39 is 5.60 Å². The van der Waals surface area contributed by atoms with E-state index in [0.29, 0.717) is 30.8 Å². The van der Waals surface area contributed by atoms with Gasteiger partial charge in [-0.15, -0.1) is 0 Å². The van der Waals surface area contributed by atoms with E-state index in [1.54, 1.807) is 4.90 Å². The van der Waals surface area contributed by atoms with Crippen molar-refractivity contribution < 1.29 is 14.1 Å². The minimum absolute atomic E-state index is 0.237. The van der Waals surface area contributed by atoms with Gasteiger partial charge in [-0.05, 0) is 33.6 Å². The van der Waals surface area contributed by atoms with E-state index in [1.807, 2.05) is 20.8 Å². The second-order valence-electron chi connectivity index (χ2n) is 7.13. The standard InChI is InChI=1S/C15H23N3O3/c1-15(2,3)20-14(19)18-8-10(9-18)7-12-16-13(17-21-12)11-5-4-6-11/h10-11H,4-9H2,1-3H3. The maximum absolute atomic E-state index is 11.8. The van der Waals surface area contributed by atoms with Gasteiger partial charge in [-0.2, -0.15) is 4.98 Å². The van der Waals surface area contributed by atoms with Gasteiger partial charge >= 0.3 is 6.09 Å². The molecule has 21 heavy (non-hydrogen) atoms. The predicted octanol–water partition coefficient (Wildman–Crippen LogP) is 2.75. The van der Waals surface area contributed by atoms with Crippen LogP contribution < -0.4 is 0 Å². The molecule has 1 aliphatic heterocycles. The van der Waals surface area contributed by atoms with E-state index >= 15 is 0 Å². The van der Waals surface area contributed by atoms with Gasteiger partial charge in [0.1, 0.15) is 5.60 Å². The van der Waals surface area contributed by atoms with Gasteiger partial charge in [0.2, 0.25) is 5.89 Å². The molecule has 0 bridgehead atoms. The molecule has 0 aromatic carbocycles. The highest BCUT2D eigenvalue weighted by atomic mass is 16.6. The number of amides is 1. The van der Waals surface area contributed by atoms with Crippen molar-refractivity contribution in [1.29, 1.82) is 0 Å². The molecule has 2 heterocycles. The average Bonchev–Trinajstić information content (AvgIpc) is 2.65. The molecule has 6 nitrogen and oxygen atoms in total. The molecule has 1 amide bonds. The smallest absolute Gasteiger partial charge is 0.410 e. The van der Waals surface area contributed by atoms with Crippen molar-refractivity contribution in [1.82, 2.24) is 15.0 Å². The first kappa shape index (κ1) is 14.4. The molecule has 0 spiro atoms. The zero-order chi connectivity index (χ0) is 15.0. The molecule has 1 saturated heterocycles. The lowest BCUT2D eigenvalue weighted by molar-refractivity contribution is -0.00186. The average molecular weight is 293 g/mol. The Hall–Kier alpha value is -1.59. The topological polar surface area (TPSA) is 68.5 Å². The van der Waals surface area contributed by atoms with Crippen molar-refractivity contribution in [2.45, 2.75) is 58.0 Å². The number of rotatable bonds is 3. The van der Waals surface area contributed by atoms with Crippen LogP contribution in [0.4, 0.5) is 4.79 Å². The molecule has 1 saturated carbocycles. The van der Waals surface area contributed by atoms with Crippen molar-refractivity contribution in [2.75, 3.05) is 13.1 Å². The van der Waals surface area contributed by atoms with E-state index in [9.17, 15) is 4.79 Å². The van der Waals surface area contributed by atoms with Gasteiger partial charge in [0.25, 0.3) is 0 Å². The highest BCUT2D eigenvalue weighted by molar-refractivity contribution is 5.69. The number of carbonyl (C=O) groups is 1. The second kappa shape index (κ2) is 5.31. The van der Waals surface area contributed by atoms with Crippen molar-refractivity contribution in [3.63, 3.8) is 0 Å². The Labute approximate surface area is 124 Å². The minimum atomic E-state index is -0.438.